The van der Waals surface area contributed by atoms with Crippen LogP contribution in [0.5, 0.6) is 0 Å². The van der Waals surface area contributed by atoms with Crippen molar-refractivity contribution in [1.29, 1.82) is 10.5 Å². The van der Waals surface area contributed by atoms with Crippen molar-refractivity contribution in [2.45, 2.75) is 19.3 Å². The number of aldehydes is 1. The van der Waals surface area contributed by atoms with Crippen LogP contribution in [-0.2, 0) is 17.6 Å². The van der Waals surface area contributed by atoms with Crippen LogP contribution in [0.4, 0.5) is 0 Å². The fourth-order valence-corrected chi connectivity index (χ4v) is 1.40. The van der Waals surface area contributed by atoms with Crippen LogP contribution in [0.3, 0.4) is 0 Å². The predicted molar refractivity (Wildman–Crippen MR) is 54.9 cm³/mol. The normalized spacial score (nSPS) is 8.93. The Morgan fingerprint density at radius 1 is 1.27 bits per heavy atom. The number of nitrogens with zero attached hydrogens (tertiary/aromatic N) is 2. The topological polar surface area (TPSA) is 64.7 Å². The van der Waals surface area contributed by atoms with Gasteiger partial charge in [0.25, 0.3) is 0 Å². The Hall–Kier alpha value is -2.13. The van der Waals surface area contributed by atoms with E-state index >= 15 is 0 Å². The number of rotatable bonds is 4. The molecule has 0 amide bonds. The smallest absolute Gasteiger partial charge is 0.120 e. The summed E-state index contributed by atoms with van der Waals surface area (Å²) in [5.74, 6) is 0. The Morgan fingerprint density at radius 2 is 2.07 bits per heavy atom. The first kappa shape index (κ1) is 10.9. The van der Waals surface area contributed by atoms with Crippen LogP contribution < -0.4 is 0 Å². The van der Waals surface area contributed by atoms with Gasteiger partial charge < -0.3 is 4.79 Å². The summed E-state index contributed by atoms with van der Waals surface area (Å²) < 4.78 is 0. The second-order valence-corrected chi connectivity index (χ2v) is 3.14. The third-order valence-electron chi connectivity index (χ3n) is 2.14. The van der Waals surface area contributed by atoms with Crippen LogP contribution in [0.1, 0.15) is 23.1 Å². The molecule has 3 nitrogen and oxygen atoms in total. The molecule has 0 aliphatic rings. The minimum atomic E-state index is 0.319. The van der Waals surface area contributed by atoms with E-state index in [1.807, 2.05) is 6.07 Å². The van der Waals surface area contributed by atoms with Crippen LogP contribution in [-0.4, -0.2) is 6.29 Å². The average Bonchev–Trinajstić information content (AvgIpc) is 2.28. The van der Waals surface area contributed by atoms with Gasteiger partial charge in [-0.3, -0.25) is 0 Å². The molecule has 0 bridgehead atoms. The molecule has 1 aromatic carbocycles. The molecular formula is C12H10N2O. The van der Waals surface area contributed by atoms with Gasteiger partial charge in [0, 0.05) is 6.42 Å². The van der Waals surface area contributed by atoms with Gasteiger partial charge in [0.15, 0.2) is 0 Å². The molecule has 74 valence electrons. The van der Waals surface area contributed by atoms with Crippen LogP contribution in [0.15, 0.2) is 18.2 Å². The van der Waals surface area contributed by atoms with Crippen molar-refractivity contribution in [2.24, 2.45) is 0 Å². The molecule has 0 aliphatic heterocycles. The first-order valence-corrected chi connectivity index (χ1v) is 4.64. The van der Waals surface area contributed by atoms with E-state index in [1.54, 1.807) is 18.2 Å². The van der Waals surface area contributed by atoms with Crippen molar-refractivity contribution in [3.05, 3.63) is 34.9 Å². The third-order valence-corrected chi connectivity index (χ3v) is 2.14. The number of carbonyl (C=O) groups is 1. The Labute approximate surface area is 88.6 Å². The second-order valence-electron chi connectivity index (χ2n) is 3.14. The van der Waals surface area contributed by atoms with E-state index in [1.165, 1.54) is 0 Å². The summed E-state index contributed by atoms with van der Waals surface area (Å²) in [4.78, 5) is 10.3. The Morgan fingerprint density at radius 3 is 2.67 bits per heavy atom. The third kappa shape index (κ3) is 2.93. The van der Waals surface area contributed by atoms with E-state index in [2.05, 4.69) is 6.07 Å². The van der Waals surface area contributed by atoms with Crippen LogP contribution in [0.25, 0.3) is 0 Å². The quantitative estimate of drug-likeness (QED) is 0.692. The van der Waals surface area contributed by atoms with Gasteiger partial charge in [0.05, 0.1) is 24.1 Å². The molecular weight excluding hydrogens is 188 g/mol. The van der Waals surface area contributed by atoms with Crippen molar-refractivity contribution in [3.63, 3.8) is 0 Å². The van der Waals surface area contributed by atoms with Gasteiger partial charge in [-0.15, -0.1) is 0 Å². The van der Waals surface area contributed by atoms with Gasteiger partial charge in [0.1, 0.15) is 6.29 Å². The van der Waals surface area contributed by atoms with Gasteiger partial charge in [0.2, 0.25) is 0 Å². The van der Waals surface area contributed by atoms with Crippen LogP contribution in [0.2, 0.25) is 0 Å². The van der Waals surface area contributed by atoms with Gasteiger partial charge in [-0.05, 0) is 29.7 Å². The number of aryl methyl sites for hydroxylation is 1. The van der Waals surface area contributed by atoms with E-state index in [9.17, 15) is 4.79 Å². The lowest BCUT2D eigenvalue weighted by Crippen LogP contribution is -1.95. The summed E-state index contributed by atoms with van der Waals surface area (Å²) in [5.41, 5.74) is 2.39. The highest BCUT2D eigenvalue weighted by Gasteiger charge is 2.03. The molecule has 0 saturated heterocycles. The number of nitriles is 2. The highest BCUT2D eigenvalue weighted by Crippen LogP contribution is 2.14. The lowest BCUT2D eigenvalue weighted by atomic mass is 9.99. The number of benzene rings is 1. The van der Waals surface area contributed by atoms with E-state index in [0.717, 1.165) is 17.4 Å². The standard InChI is InChI=1S/C12H10N2O/c13-6-5-11-4-3-10(9-14)8-12(11)2-1-7-15/h3-4,7-8H,1-2,5H2. The van der Waals surface area contributed by atoms with Crippen molar-refractivity contribution >= 4 is 6.29 Å². The monoisotopic (exact) mass is 198 g/mol. The fourth-order valence-electron chi connectivity index (χ4n) is 1.40. The largest absolute Gasteiger partial charge is 0.303 e. The zero-order valence-corrected chi connectivity index (χ0v) is 8.23. The maximum absolute atomic E-state index is 10.3. The molecule has 0 fully saturated rings. The summed E-state index contributed by atoms with van der Waals surface area (Å²) >= 11 is 0. The first-order chi connectivity index (χ1) is 7.31. The zero-order chi connectivity index (χ0) is 11.1. The molecule has 0 N–H and O–H groups in total. The summed E-state index contributed by atoms with van der Waals surface area (Å²) in [5, 5.41) is 17.3. The Bertz CT molecular complexity index is 438. The van der Waals surface area contributed by atoms with Crippen LogP contribution >= 0.6 is 0 Å². The van der Waals surface area contributed by atoms with E-state index in [0.29, 0.717) is 24.8 Å². The minimum absolute atomic E-state index is 0.319. The molecule has 0 aliphatic carbocycles. The van der Waals surface area contributed by atoms with E-state index < -0.39 is 0 Å². The van der Waals surface area contributed by atoms with Crippen molar-refractivity contribution in [1.82, 2.24) is 0 Å². The molecule has 0 unspecified atom stereocenters. The maximum Gasteiger partial charge on any atom is 0.120 e. The van der Waals surface area contributed by atoms with Crippen LogP contribution in [0, 0.1) is 22.7 Å². The minimum Gasteiger partial charge on any atom is -0.303 e. The van der Waals surface area contributed by atoms with Crippen molar-refractivity contribution < 1.29 is 4.79 Å². The molecule has 1 aromatic rings. The van der Waals surface area contributed by atoms with Crippen molar-refractivity contribution in [2.75, 3.05) is 0 Å². The predicted octanol–water partition coefficient (Wildman–Crippen LogP) is 1.76. The highest BCUT2D eigenvalue weighted by molar-refractivity contribution is 5.51. The summed E-state index contributed by atoms with van der Waals surface area (Å²) in [7, 11) is 0. The molecule has 1 rings (SSSR count). The fraction of sp³-hybridized carbons (Fsp3) is 0.250. The summed E-state index contributed by atoms with van der Waals surface area (Å²) in [6.07, 6.45) is 2.18. The Kier molecular flexibility index (Phi) is 4.06. The van der Waals surface area contributed by atoms with E-state index in [-0.39, 0.29) is 0 Å². The molecule has 15 heavy (non-hydrogen) atoms. The molecule has 3 heteroatoms. The highest BCUT2D eigenvalue weighted by atomic mass is 16.1. The lowest BCUT2D eigenvalue weighted by molar-refractivity contribution is -0.107. The molecule has 0 radical (unpaired) electrons. The summed E-state index contributed by atoms with van der Waals surface area (Å²) in [6, 6.07) is 9.33. The number of carbonyl (C=O) groups excluding carboxylic acids is 1. The molecule has 0 spiro atoms. The van der Waals surface area contributed by atoms with Crippen molar-refractivity contribution in [3.8, 4) is 12.1 Å². The summed E-state index contributed by atoms with van der Waals surface area (Å²) in [6.45, 7) is 0. The van der Waals surface area contributed by atoms with Gasteiger partial charge >= 0.3 is 0 Å². The zero-order valence-electron chi connectivity index (χ0n) is 8.23. The molecule has 0 atom stereocenters. The van der Waals surface area contributed by atoms with E-state index in [4.69, 9.17) is 10.5 Å². The second kappa shape index (κ2) is 5.57. The van der Waals surface area contributed by atoms with Gasteiger partial charge in [-0.25, -0.2) is 0 Å². The average molecular weight is 198 g/mol. The lowest BCUT2D eigenvalue weighted by Gasteiger charge is -2.05. The first-order valence-electron chi connectivity index (χ1n) is 4.64. The van der Waals surface area contributed by atoms with Gasteiger partial charge in [-0.2, -0.15) is 10.5 Å². The molecule has 0 heterocycles. The maximum atomic E-state index is 10.3. The van der Waals surface area contributed by atoms with Gasteiger partial charge in [-0.1, -0.05) is 6.07 Å². The number of hydrogen-bond donors (Lipinski definition) is 0. The SMILES string of the molecule is N#CCc1ccc(C#N)cc1CCC=O. The number of hydrogen-bond acceptors (Lipinski definition) is 3. The molecule has 0 saturated carbocycles. The molecule has 0 aromatic heterocycles. The Balaban J connectivity index is 3.01.